The predicted molar refractivity (Wildman–Crippen MR) is 66.4 cm³/mol. The summed E-state index contributed by atoms with van der Waals surface area (Å²) < 4.78 is 0.565. The normalized spacial score (nSPS) is 12.2. The Balaban J connectivity index is 2.76. The van der Waals surface area contributed by atoms with Crippen LogP contribution in [0.2, 0.25) is 0 Å². The molecule has 0 aromatic heterocycles. The Hall–Kier alpha value is -1.07. The summed E-state index contributed by atoms with van der Waals surface area (Å²) in [6, 6.07) is 4.66. The van der Waals surface area contributed by atoms with E-state index in [4.69, 9.17) is 5.73 Å². The van der Waals surface area contributed by atoms with E-state index in [2.05, 4.69) is 21.2 Å². The van der Waals surface area contributed by atoms with Crippen molar-refractivity contribution >= 4 is 21.8 Å². The molecule has 1 atom stereocenters. The minimum atomic E-state index is -0.222. The first-order valence-electron chi connectivity index (χ1n) is 5.08. The average molecular weight is 287 g/mol. The Morgan fingerprint density at radius 2 is 2.31 bits per heavy atom. The van der Waals surface area contributed by atoms with Gasteiger partial charge in [0.05, 0.1) is 4.47 Å². The van der Waals surface area contributed by atoms with Crippen molar-refractivity contribution in [2.75, 3.05) is 6.54 Å². The van der Waals surface area contributed by atoms with Crippen LogP contribution in [0.1, 0.15) is 23.7 Å². The van der Waals surface area contributed by atoms with Crippen LogP contribution >= 0.6 is 15.9 Å². The molecule has 1 unspecified atom stereocenters. The second kappa shape index (κ2) is 5.86. The van der Waals surface area contributed by atoms with E-state index in [1.165, 1.54) is 6.07 Å². The van der Waals surface area contributed by atoms with Gasteiger partial charge in [-0.3, -0.25) is 4.79 Å². The summed E-state index contributed by atoms with van der Waals surface area (Å²) in [4.78, 5) is 11.7. The first-order valence-corrected chi connectivity index (χ1v) is 5.87. The predicted octanol–water partition coefficient (Wildman–Crippen LogP) is 1.62. The molecule has 88 valence electrons. The molecule has 4 nitrogen and oxygen atoms in total. The van der Waals surface area contributed by atoms with E-state index in [0.29, 0.717) is 16.6 Å². The quantitative estimate of drug-likeness (QED) is 0.787. The zero-order valence-electron chi connectivity index (χ0n) is 9.03. The van der Waals surface area contributed by atoms with Crippen LogP contribution in [0.5, 0.6) is 5.75 Å². The third kappa shape index (κ3) is 3.21. The molecule has 1 aromatic carbocycles. The number of hydrogen-bond donors (Lipinski definition) is 3. The van der Waals surface area contributed by atoms with E-state index in [1.807, 2.05) is 6.92 Å². The molecule has 0 radical (unpaired) electrons. The van der Waals surface area contributed by atoms with Crippen molar-refractivity contribution in [3.8, 4) is 5.75 Å². The van der Waals surface area contributed by atoms with Gasteiger partial charge < -0.3 is 16.2 Å². The smallest absolute Gasteiger partial charge is 0.251 e. The molecule has 5 heteroatoms. The van der Waals surface area contributed by atoms with Crippen molar-refractivity contribution in [2.45, 2.75) is 19.4 Å². The van der Waals surface area contributed by atoms with Gasteiger partial charge in [-0.1, -0.05) is 6.92 Å². The molecule has 4 N–H and O–H groups in total. The minimum absolute atomic E-state index is 0.0294. The molecule has 0 saturated heterocycles. The maximum atomic E-state index is 11.7. The van der Waals surface area contributed by atoms with Gasteiger partial charge in [0.15, 0.2) is 0 Å². The Kier molecular flexibility index (Phi) is 4.76. The topological polar surface area (TPSA) is 75.3 Å². The third-order valence-corrected chi connectivity index (χ3v) is 2.99. The van der Waals surface area contributed by atoms with Crippen LogP contribution in [0.3, 0.4) is 0 Å². The summed E-state index contributed by atoms with van der Waals surface area (Å²) in [5.74, 6) is -0.173. The van der Waals surface area contributed by atoms with Gasteiger partial charge in [-0.2, -0.15) is 0 Å². The number of nitrogens with one attached hydrogen (secondary N) is 1. The van der Waals surface area contributed by atoms with Crippen molar-refractivity contribution in [2.24, 2.45) is 5.73 Å². The van der Waals surface area contributed by atoms with Gasteiger partial charge in [0.1, 0.15) is 5.75 Å². The highest BCUT2D eigenvalue weighted by Gasteiger charge is 2.11. The molecule has 1 aromatic rings. The monoisotopic (exact) mass is 286 g/mol. The molecular weight excluding hydrogens is 272 g/mol. The van der Waals surface area contributed by atoms with Crippen molar-refractivity contribution in [1.82, 2.24) is 5.32 Å². The number of phenols is 1. The molecule has 0 bridgehead atoms. The molecular formula is C11H15BrN2O2. The van der Waals surface area contributed by atoms with E-state index in [-0.39, 0.29) is 17.7 Å². The van der Waals surface area contributed by atoms with E-state index in [1.54, 1.807) is 12.1 Å². The summed E-state index contributed by atoms with van der Waals surface area (Å²) in [6.07, 6.45) is 0.782. The fraction of sp³-hybridized carbons (Fsp3) is 0.364. The van der Waals surface area contributed by atoms with Crippen LogP contribution in [0.15, 0.2) is 22.7 Å². The number of rotatable bonds is 4. The lowest BCUT2D eigenvalue weighted by molar-refractivity contribution is 0.0937. The van der Waals surface area contributed by atoms with Crippen LogP contribution in [0.4, 0.5) is 0 Å². The number of benzene rings is 1. The number of amides is 1. The molecule has 16 heavy (non-hydrogen) atoms. The van der Waals surface area contributed by atoms with Crippen LogP contribution in [0, 0.1) is 0 Å². The van der Waals surface area contributed by atoms with Crippen LogP contribution < -0.4 is 11.1 Å². The largest absolute Gasteiger partial charge is 0.507 e. The second-order valence-electron chi connectivity index (χ2n) is 3.48. The highest BCUT2D eigenvalue weighted by atomic mass is 79.9. The van der Waals surface area contributed by atoms with Crippen molar-refractivity contribution in [3.05, 3.63) is 28.2 Å². The lowest BCUT2D eigenvalue weighted by atomic mass is 10.1. The summed E-state index contributed by atoms with van der Waals surface area (Å²) in [7, 11) is 0. The average Bonchev–Trinajstić information content (AvgIpc) is 2.29. The Bertz CT molecular complexity index is 378. The third-order valence-electron chi connectivity index (χ3n) is 2.32. The Morgan fingerprint density at radius 3 is 2.81 bits per heavy atom. The number of nitrogens with two attached hydrogens (primary N) is 1. The lowest BCUT2D eigenvalue weighted by Crippen LogP contribution is -2.39. The van der Waals surface area contributed by atoms with E-state index in [0.717, 1.165) is 6.42 Å². The fourth-order valence-electron chi connectivity index (χ4n) is 1.25. The van der Waals surface area contributed by atoms with Crippen molar-refractivity contribution in [3.63, 3.8) is 0 Å². The summed E-state index contributed by atoms with van der Waals surface area (Å²) >= 11 is 3.15. The zero-order valence-corrected chi connectivity index (χ0v) is 10.6. The maximum absolute atomic E-state index is 11.7. The van der Waals surface area contributed by atoms with Crippen molar-refractivity contribution < 1.29 is 9.90 Å². The molecule has 0 spiro atoms. The number of halogens is 1. The molecule has 1 amide bonds. The van der Waals surface area contributed by atoms with Gasteiger partial charge in [0.25, 0.3) is 5.91 Å². The van der Waals surface area contributed by atoms with Gasteiger partial charge in [-0.25, -0.2) is 0 Å². The Morgan fingerprint density at radius 1 is 1.62 bits per heavy atom. The van der Waals surface area contributed by atoms with Crippen LogP contribution in [-0.4, -0.2) is 23.6 Å². The molecule has 0 saturated carbocycles. The van der Waals surface area contributed by atoms with E-state index >= 15 is 0 Å². The lowest BCUT2D eigenvalue weighted by Gasteiger charge is -2.14. The number of carbonyl (C=O) groups excluding carboxylic acids is 1. The Labute approximate surface area is 103 Å². The fourth-order valence-corrected chi connectivity index (χ4v) is 1.50. The highest BCUT2D eigenvalue weighted by molar-refractivity contribution is 9.10. The van der Waals surface area contributed by atoms with Crippen LogP contribution in [0.25, 0.3) is 0 Å². The van der Waals surface area contributed by atoms with Gasteiger partial charge in [-0.05, 0) is 40.5 Å². The summed E-state index contributed by atoms with van der Waals surface area (Å²) in [5.41, 5.74) is 5.92. The number of hydrogen-bond acceptors (Lipinski definition) is 3. The summed E-state index contributed by atoms with van der Waals surface area (Å²) in [5, 5.41) is 12.2. The SMILES string of the molecule is CCC(CN)NC(=O)c1ccc(Br)c(O)c1. The second-order valence-corrected chi connectivity index (χ2v) is 4.33. The molecule has 0 aliphatic rings. The maximum Gasteiger partial charge on any atom is 0.251 e. The van der Waals surface area contributed by atoms with Crippen molar-refractivity contribution in [1.29, 1.82) is 0 Å². The van der Waals surface area contributed by atoms with E-state index in [9.17, 15) is 9.90 Å². The zero-order chi connectivity index (χ0) is 12.1. The first-order chi connectivity index (χ1) is 7.58. The van der Waals surface area contributed by atoms with Gasteiger partial charge >= 0.3 is 0 Å². The minimum Gasteiger partial charge on any atom is -0.507 e. The molecule has 0 aliphatic carbocycles. The summed E-state index contributed by atoms with van der Waals surface area (Å²) in [6.45, 7) is 2.36. The highest BCUT2D eigenvalue weighted by Crippen LogP contribution is 2.24. The number of phenolic OH excluding ortho intramolecular Hbond substituents is 1. The molecule has 1 rings (SSSR count). The molecule has 0 fully saturated rings. The number of carbonyl (C=O) groups is 1. The molecule has 0 heterocycles. The van der Waals surface area contributed by atoms with Gasteiger partial charge in [0, 0.05) is 18.2 Å². The van der Waals surface area contributed by atoms with Gasteiger partial charge in [-0.15, -0.1) is 0 Å². The van der Waals surface area contributed by atoms with Crippen LogP contribution in [-0.2, 0) is 0 Å². The standard InChI is InChI=1S/C11H15BrN2O2/c1-2-8(6-13)14-11(16)7-3-4-9(12)10(15)5-7/h3-5,8,15H,2,6,13H2,1H3,(H,14,16). The molecule has 0 aliphatic heterocycles. The van der Waals surface area contributed by atoms with Gasteiger partial charge in [0.2, 0.25) is 0 Å². The number of aromatic hydroxyl groups is 1. The van der Waals surface area contributed by atoms with E-state index < -0.39 is 0 Å². The first kappa shape index (κ1) is 13.0.